The summed E-state index contributed by atoms with van der Waals surface area (Å²) in [6.07, 6.45) is 0.922. The van der Waals surface area contributed by atoms with Crippen molar-refractivity contribution in [2.24, 2.45) is 5.41 Å². The third kappa shape index (κ3) is 1.65. The van der Waals surface area contributed by atoms with Crippen molar-refractivity contribution < 1.29 is 9.18 Å². The van der Waals surface area contributed by atoms with Crippen LogP contribution in [-0.2, 0) is 4.79 Å². The van der Waals surface area contributed by atoms with Crippen LogP contribution in [0.4, 0.5) is 4.39 Å². The molecule has 0 unspecified atom stereocenters. The van der Waals surface area contributed by atoms with Crippen molar-refractivity contribution >= 4 is 5.78 Å². The quantitative estimate of drug-likeness (QED) is 0.651. The van der Waals surface area contributed by atoms with Gasteiger partial charge in [0, 0.05) is 13.5 Å². The predicted molar refractivity (Wildman–Crippen MR) is 45.2 cm³/mol. The Hall–Kier alpha value is -0.860. The van der Waals surface area contributed by atoms with E-state index in [9.17, 15) is 9.18 Å². The molecule has 0 aromatic rings. The summed E-state index contributed by atoms with van der Waals surface area (Å²) in [6.45, 7) is 3.93. The molecule has 1 rings (SSSR count). The Kier molecular flexibility index (Phi) is 2.22. The lowest BCUT2D eigenvalue weighted by atomic mass is 9.78. The van der Waals surface area contributed by atoms with E-state index in [2.05, 4.69) is 5.32 Å². The van der Waals surface area contributed by atoms with Gasteiger partial charge in [-0.3, -0.25) is 4.79 Å². The number of ketones is 1. The third-order valence-corrected chi connectivity index (χ3v) is 2.11. The lowest BCUT2D eigenvalue weighted by Gasteiger charge is -2.29. The highest BCUT2D eigenvalue weighted by Crippen LogP contribution is 2.35. The Morgan fingerprint density at radius 3 is 2.50 bits per heavy atom. The average molecular weight is 171 g/mol. The van der Waals surface area contributed by atoms with Crippen molar-refractivity contribution in [1.82, 2.24) is 5.32 Å². The molecule has 0 aromatic heterocycles. The first-order chi connectivity index (χ1) is 5.46. The maximum atomic E-state index is 13.1. The Morgan fingerprint density at radius 2 is 2.00 bits per heavy atom. The Labute approximate surface area is 71.8 Å². The van der Waals surface area contributed by atoms with Crippen LogP contribution in [0.25, 0.3) is 0 Å². The lowest BCUT2D eigenvalue weighted by Crippen LogP contribution is -2.28. The maximum Gasteiger partial charge on any atom is 0.193 e. The van der Waals surface area contributed by atoms with Crippen LogP contribution in [0.2, 0.25) is 0 Å². The van der Waals surface area contributed by atoms with Crippen LogP contribution in [0.1, 0.15) is 26.7 Å². The van der Waals surface area contributed by atoms with Crippen molar-refractivity contribution in [3.05, 3.63) is 11.5 Å². The summed E-state index contributed by atoms with van der Waals surface area (Å²) in [5.74, 6) is -0.965. The maximum absolute atomic E-state index is 13.1. The molecule has 12 heavy (non-hydrogen) atoms. The molecule has 1 aliphatic rings. The number of Topliss-reactive ketones (excluding diaryl/α,β-unsaturated/α-hetero) is 1. The van der Waals surface area contributed by atoms with Crippen LogP contribution in [0.15, 0.2) is 11.5 Å². The van der Waals surface area contributed by atoms with Gasteiger partial charge in [0.25, 0.3) is 0 Å². The van der Waals surface area contributed by atoms with E-state index in [1.165, 1.54) is 0 Å². The Morgan fingerprint density at radius 1 is 1.42 bits per heavy atom. The van der Waals surface area contributed by atoms with Gasteiger partial charge in [0.1, 0.15) is 0 Å². The number of carbonyl (C=O) groups excluding carboxylic acids is 1. The molecule has 0 spiro atoms. The molecule has 0 amide bonds. The normalized spacial score (nSPS) is 22.8. The number of hydrogen-bond acceptors (Lipinski definition) is 2. The van der Waals surface area contributed by atoms with Gasteiger partial charge < -0.3 is 5.32 Å². The molecular weight excluding hydrogens is 157 g/mol. The summed E-state index contributed by atoms with van der Waals surface area (Å²) in [5.41, 5.74) is 0.335. The molecular formula is C9H14FNO. The average Bonchev–Trinajstić information content (AvgIpc) is 1.96. The van der Waals surface area contributed by atoms with Crippen LogP contribution in [0.3, 0.4) is 0 Å². The van der Waals surface area contributed by atoms with Gasteiger partial charge >= 0.3 is 0 Å². The summed E-state index contributed by atoms with van der Waals surface area (Å²) in [4.78, 5) is 11.1. The minimum atomic E-state index is -0.586. The number of allylic oxidation sites excluding steroid dienone is 2. The van der Waals surface area contributed by atoms with Crippen LogP contribution in [0.5, 0.6) is 0 Å². The summed E-state index contributed by atoms with van der Waals surface area (Å²) < 4.78 is 13.1. The zero-order valence-corrected chi connectivity index (χ0v) is 7.70. The molecule has 0 radical (unpaired) electrons. The summed E-state index contributed by atoms with van der Waals surface area (Å²) in [6, 6.07) is 0. The molecule has 0 fully saturated rings. The second-order valence-corrected chi connectivity index (χ2v) is 3.98. The Bertz CT molecular complexity index is 243. The molecule has 0 aromatic carbocycles. The second kappa shape index (κ2) is 2.88. The molecule has 0 saturated heterocycles. The lowest BCUT2D eigenvalue weighted by molar-refractivity contribution is -0.119. The molecule has 68 valence electrons. The van der Waals surface area contributed by atoms with Gasteiger partial charge in [-0.05, 0) is 11.8 Å². The van der Waals surface area contributed by atoms with E-state index in [-0.39, 0.29) is 11.2 Å². The highest BCUT2D eigenvalue weighted by molar-refractivity contribution is 5.95. The van der Waals surface area contributed by atoms with Crippen molar-refractivity contribution in [2.45, 2.75) is 26.7 Å². The highest BCUT2D eigenvalue weighted by atomic mass is 19.1. The number of carbonyl (C=O) groups is 1. The molecule has 1 N–H and O–H groups in total. The smallest absolute Gasteiger partial charge is 0.193 e. The molecule has 0 bridgehead atoms. The van der Waals surface area contributed by atoms with Gasteiger partial charge in [0.15, 0.2) is 11.6 Å². The molecule has 0 atom stereocenters. The summed E-state index contributed by atoms with van der Waals surface area (Å²) >= 11 is 0. The van der Waals surface area contributed by atoms with E-state index in [1.54, 1.807) is 7.05 Å². The molecule has 3 heteroatoms. The van der Waals surface area contributed by atoms with E-state index >= 15 is 0 Å². The van der Waals surface area contributed by atoms with Crippen molar-refractivity contribution in [3.63, 3.8) is 0 Å². The van der Waals surface area contributed by atoms with Gasteiger partial charge in [-0.25, -0.2) is 4.39 Å². The van der Waals surface area contributed by atoms with E-state index in [0.29, 0.717) is 18.5 Å². The third-order valence-electron chi connectivity index (χ3n) is 2.11. The number of rotatable bonds is 1. The minimum absolute atomic E-state index is 0.106. The second-order valence-electron chi connectivity index (χ2n) is 3.98. The molecule has 0 heterocycles. The van der Waals surface area contributed by atoms with Gasteiger partial charge in [-0.2, -0.15) is 0 Å². The van der Waals surface area contributed by atoms with E-state index in [4.69, 9.17) is 0 Å². The first kappa shape index (κ1) is 9.23. The van der Waals surface area contributed by atoms with Crippen molar-refractivity contribution in [1.29, 1.82) is 0 Å². The summed E-state index contributed by atoms with van der Waals surface area (Å²) in [5, 5.41) is 2.72. The highest BCUT2D eigenvalue weighted by Gasteiger charge is 2.32. The van der Waals surface area contributed by atoms with Crippen LogP contribution < -0.4 is 5.32 Å². The van der Waals surface area contributed by atoms with Crippen LogP contribution in [-0.4, -0.2) is 12.8 Å². The van der Waals surface area contributed by atoms with Gasteiger partial charge in [-0.1, -0.05) is 13.8 Å². The first-order valence-electron chi connectivity index (χ1n) is 4.06. The van der Waals surface area contributed by atoms with Gasteiger partial charge in [0.2, 0.25) is 0 Å². The Balaban J connectivity index is 2.95. The molecule has 2 nitrogen and oxygen atoms in total. The topological polar surface area (TPSA) is 29.1 Å². The fourth-order valence-electron chi connectivity index (χ4n) is 1.50. The zero-order chi connectivity index (χ0) is 9.35. The minimum Gasteiger partial charge on any atom is -0.389 e. The van der Waals surface area contributed by atoms with Gasteiger partial charge in [-0.15, -0.1) is 0 Å². The van der Waals surface area contributed by atoms with Crippen LogP contribution in [0, 0.1) is 5.41 Å². The molecule has 1 aliphatic carbocycles. The van der Waals surface area contributed by atoms with E-state index < -0.39 is 5.83 Å². The van der Waals surface area contributed by atoms with E-state index in [0.717, 1.165) is 0 Å². The largest absolute Gasteiger partial charge is 0.389 e. The monoisotopic (exact) mass is 171 g/mol. The predicted octanol–water partition coefficient (Wildman–Crippen LogP) is 1.78. The van der Waals surface area contributed by atoms with Crippen molar-refractivity contribution in [3.8, 4) is 0 Å². The fraction of sp³-hybridized carbons (Fsp3) is 0.667. The molecule has 0 aliphatic heterocycles. The SMILES string of the molecule is CNC1=C(F)C(=O)CC(C)(C)C1. The standard InChI is InChI=1S/C9H14FNO/c1-9(2)4-6(11-3)8(10)7(12)5-9/h11H,4-5H2,1-3H3. The molecule has 0 saturated carbocycles. The number of nitrogens with one attached hydrogen (secondary N) is 1. The summed E-state index contributed by atoms with van der Waals surface area (Å²) in [7, 11) is 1.64. The van der Waals surface area contributed by atoms with Gasteiger partial charge in [0.05, 0.1) is 5.70 Å². The van der Waals surface area contributed by atoms with E-state index in [1.807, 2.05) is 13.8 Å². The first-order valence-corrected chi connectivity index (χ1v) is 4.06. The number of halogens is 1. The van der Waals surface area contributed by atoms with Crippen LogP contribution >= 0.6 is 0 Å². The number of hydrogen-bond donors (Lipinski definition) is 1. The van der Waals surface area contributed by atoms with Crippen molar-refractivity contribution in [2.75, 3.05) is 7.05 Å². The fourth-order valence-corrected chi connectivity index (χ4v) is 1.50. The zero-order valence-electron chi connectivity index (χ0n) is 7.70.